The Morgan fingerprint density at radius 2 is 1.93 bits per heavy atom. The average molecular weight is 385 g/mol. The van der Waals surface area contributed by atoms with Crippen molar-refractivity contribution in [2.75, 3.05) is 7.05 Å². The lowest BCUT2D eigenvalue weighted by molar-refractivity contribution is -0.143. The molecule has 1 aromatic heterocycles. The molecule has 0 aliphatic heterocycles. The third-order valence-electron chi connectivity index (χ3n) is 3.81. The van der Waals surface area contributed by atoms with Gasteiger partial charge in [0, 0.05) is 7.05 Å². The summed E-state index contributed by atoms with van der Waals surface area (Å²) in [4.78, 5) is 24.6. The van der Waals surface area contributed by atoms with Crippen molar-refractivity contribution in [1.29, 1.82) is 0 Å². The van der Waals surface area contributed by atoms with Crippen LogP contribution in [0.5, 0.6) is 5.75 Å². The number of ether oxygens (including phenoxy) is 1. The second-order valence-electron chi connectivity index (χ2n) is 5.94. The first kappa shape index (κ1) is 20.3. The quantitative estimate of drug-likeness (QED) is 0.820. The van der Waals surface area contributed by atoms with Crippen molar-refractivity contribution >= 4 is 11.9 Å². The fourth-order valence-corrected chi connectivity index (χ4v) is 2.50. The van der Waals surface area contributed by atoms with Crippen LogP contribution in [-0.2, 0) is 17.5 Å². The molecule has 27 heavy (non-hydrogen) atoms. The van der Waals surface area contributed by atoms with Gasteiger partial charge in [-0.05, 0) is 32.0 Å². The molecule has 146 valence electrons. The molecule has 0 fully saturated rings. The Balaban J connectivity index is 2.09. The van der Waals surface area contributed by atoms with E-state index in [2.05, 4.69) is 0 Å². The number of carboxylic acid groups (broad SMARTS) is 1. The Kier molecular flexibility index (Phi) is 5.82. The van der Waals surface area contributed by atoms with Gasteiger partial charge in [-0.3, -0.25) is 4.79 Å². The Morgan fingerprint density at radius 3 is 2.48 bits per heavy atom. The lowest BCUT2D eigenvalue weighted by atomic mass is 10.2. The molecule has 0 aliphatic rings. The Bertz CT molecular complexity index is 844. The van der Waals surface area contributed by atoms with E-state index >= 15 is 0 Å². The number of benzene rings is 1. The van der Waals surface area contributed by atoms with Gasteiger partial charge < -0.3 is 19.2 Å². The second-order valence-corrected chi connectivity index (χ2v) is 5.94. The number of hydrogen-bond acceptors (Lipinski definition) is 4. The van der Waals surface area contributed by atoms with Crippen LogP contribution in [0, 0.1) is 6.92 Å². The van der Waals surface area contributed by atoms with E-state index in [-0.39, 0.29) is 23.6 Å². The minimum atomic E-state index is -4.61. The van der Waals surface area contributed by atoms with E-state index in [4.69, 9.17) is 14.3 Å². The number of carbonyl (C=O) groups excluding carboxylic acids is 1. The number of aryl methyl sites for hydroxylation is 1. The van der Waals surface area contributed by atoms with E-state index < -0.39 is 35.5 Å². The molecule has 0 radical (unpaired) electrons. The highest BCUT2D eigenvalue weighted by molar-refractivity contribution is 5.88. The Hall–Kier alpha value is -2.97. The first-order valence-corrected chi connectivity index (χ1v) is 7.91. The predicted molar refractivity (Wildman–Crippen MR) is 88.4 cm³/mol. The zero-order chi connectivity index (χ0) is 20.4. The van der Waals surface area contributed by atoms with Gasteiger partial charge in [-0.1, -0.05) is 12.1 Å². The zero-order valence-electron chi connectivity index (χ0n) is 14.8. The van der Waals surface area contributed by atoms with Crippen LogP contribution in [0.2, 0.25) is 0 Å². The van der Waals surface area contributed by atoms with Gasteiger partial charge in [0.15, 0.2) is 6.10 Å². The molecule has 1 N–H and O–H groups in total. The summed E-state index contributed by atoms with van der Waals surface area (Å²) in [5.74, 6) is -1.75. The molecule has 0 aliphatic carbocycles. The fourth-order valence-electron chi connectivity index (χ4n) is 2.50. The number of carboxylic acids is 1. The first-order valence-electron chi connectivity index (χ1n) is 7.91. The van der Waals surface area contributed by atoms with Gasteiger partial charge in [0.25, 0.3) is 5.91 Å². The molecule has 1 unspecified atom stereocenters. The summed E-state index contributed by atoms with van der Waals surface area (Å²) >= 11 is 0. The van der Waals surface area contributed by atoms with E-state index in [1.807, 2.05) is 0 Å². The largest absolute Gasteiger partial charge is 0.480 e. The molecular weight excluding hydrogens is 367 g/mol. The molecule has 6 nitrogen and oxygen atoms in total. The average Bonchev–Trinajstić information content (AvgIpc) is 2.94. The maximum absolute atomic E-state index is 13.0. The third-order valence-corrected chi connectivity index (χ3v) is 3.81. The summed E-state index contributed by atoms with van der Waals surface area (Å²) in [5.41, 5.74) is -0.991. The molecule has 9 heteroatoms. The Labute approximate surface area is 153 Å². The van der Waals surface area contributed by atoms with Crippen molar-refractivity contribution in [2.45, 2.75) is 32.7 Å². The van der Waals surface area contributed by atoms with Crippen LogP contribution in [0.4, 0.5) is 13.2 Å². The maximum Gasteiger partial charge on any atom is 0.419 e. The highest BCUT2D eigenvalue weighted by Gasteiger charge is 2.35. The van der Waals surface area contributed by atoms with Crippen LogP contribution in [0.1, 0.15) is 34.4 Å². The summed E-state index contributed by atoms with van der Waals surface area (Å²) in [6, 6.07) is 5.92. The molecule has 1 aromatic carbocycles. The van der Waals surface area contributed by atoms with Gasteiger partial charge in [0.2, 0.25) is 0 Å². The molecule has 1 atom stereocenters. The molecule has 2 aromatic rings. The normalized spacial score (nSPS) is 12.5. The smallest absolute Gasteiger partial charge is 0.419 e. The maximum atomic E-state index is 13.0. The molecular formula is C18H18F3NO5. The van der Waals surface area contributed by atoms with Gasteiger partial charge in [-0.15, -0.1) is 0 Å². The molecule has 2 rings (SSSR count). The number of halogens is 3. The summed E-state index contributed by atoms with van der Waals surface area (Å²) in [6.45, 7) is 2.76. The number of aromatic carboxylic acids is 1. The predicted octanol–water partition coefficient (Wildman–Crippen LogP) is 3.73. The number of hydrogen-bond donors (Lipinski definition) is 1. The number of carbonyl (C=O) groups is 2. The van der Waals surface area contributed by atoms with Crippen molar-refractivity contribution < 1.29 is 37.0 Å². The topological polar surface area (TPSA) is 80.0 Å². The van der Waals surface area contributed by atoms with Crippen molar-refractivity contribution in [2.24, 2.45) is 0 Å². The number of likely N-dealkylation sites (N-methyl/N-ethyl adjacent to an activating group) is 1. The minimum Gasteiger partial charge on any atom is -0.480 e. The number of nitrogens with zero attached hydrogens (tertiary/aromatic N) is 1. The van der Waals surface area contributed by atoms with E-state index in [1.54, 1.807) is 0 Å². The number of amides is 1. The van der Waals surface area contributed by atoms with E-state index in [1.165, 1.54) is 44.0 Å². The molecule has 0 bridgehead atoms. The molecule has 0 saturated carbocycles. The lowest BCUT2D eigenvalue weighted by Gasteiger charge is -2.22. The number of alkyl halides is 3. The number of furan rings is 1. The lowest BCUT2D eigenvalue weighted by Crippen LogP contribution is -2.37. The first-order chi connectivity index (χ1) is 12.5. The molecule has 1 amide bonds. The van der Waals surface area contributed by atoms with Crippen LogP contribution in [0.25, 0.3) is 0 Å². The van der Waals surface area contributed by atoms with Crippen LogP contribution >= 0.6 is 0 Å². The van der Waals surface area contributed by atoms with Gasteiger partial charge in [0.05, 0.1) is 12.1 Å². The van der Waals surface area contributed by atoms with Crippen LogP contribution in [0.3, 0.4) is 0 Å². The summed E-state index contributed by atoms with van der Waals surface area (Å²) in [6.07, 6.45) is -5.79. The minimum absolute atomic E-state index is 0.0192. The van der Waals surface area contributed by atoms with E-state index in [0.717, 1.165) is 12.1 Å². The number of para-hydroxylation sites is 1. The van der Waals surface area contributed by atoms with Gasteiger partial charge in [0.1, 0.15) is 22.8 Å². The third kappa shape index (κ3) is 4.81. The fraction of sp³-hybridized carbons (Fsp3) is 0.333. The van der Waals surface area contributed by atoms with Crippen molar-refractivity contribution in [3.63, 3.8) is 0 Å². The van der Waals surface area contributed by atoms with Gasteiger partial charge in [-0.2, -0.15) is 13.2 Å². The van der Waals surface area contributed by atoms with Gasteiger partial charge in [-0.25, -0.2) is 4.79 Å². The van der Waals surface area contributed by atoms with E-state index in [0.29, 0.717) is 0 Å². The van der Waals surface area contributed by atoms with E-state index in [9.17, 15) is 22.8 Å². The Morgan fingerprint density at radius 1 is 1.30 bits per heavy atom. The highest BCUT2D eigenvalue weighted by Crippen LogP contribution is 2.36. The van der Waals surface area contributed by atoms with Crippen molar-refractivity contribution in [3.05, 3.63) is 53.0 Å². The summed E-state index contributed by atoms with van der Waals surface area (Å²) < 4.78 is 49.6. The molecule has 0 saturated heterocycles. The summed E-state index contributed by atoms with van der Waals surface area (Å²) in [5, 5.41) is 9.01. The van der Waals surface area contributed by atoms with Crippen LogP contribution in [-0.4, -0.2) is 35.0 Å². The number of rotatable bonds is 6. The van der Waals surface area contributed by atoms with Gasteiger partial charge >= 0.3 is 12.1 Å². The standard InChI is InChI=1S/C18H18F3NO5/c1-10-13(17(24)25)8-12(26-10)9-22(3)16(23)11(2)27-15-7-5-4-6-14(15)18(19,20)21/h4-8,11H,9H2,1-3H3,(H,24,25). The summed E-state index contributed by atoms with van der Waals surface area (Å²) in [7, 11) is 1.41. The molecule has 1 heterocycles. The molecule has 0 spiro atoms. The van der Waals surface area contributed by atoms with Crippen LogP contribution in [0.15, 0.2) is 34.7 Å². The monoisotopic (exact) mass is 385 g/mol. The van der Waals surface area contributed by atoms with Crippen molar-refractivity contribution in [3.8, 4) is 5.75 Å². The highest BCUT2D eigenvalue weighted by atomic mass is 19.4. The van der Waals surface area contributed by atoms with Crippen molar-refractivity contribution in [1.82, 2.24) is 4.90 Å². The second kappa shape index (κ2) is 7.73. The van der Waals surface area contributed by atoms with Crippen LogP contribution < -0.4 is 4.74 Å². The zero-order valence-corrected chi connectivity index (χ0v) is 14.8. The SMILES string of the molecule is Cc1oc(CN(C)C(=O)C(C)Oc2ccccc2C(F)(F)F)cc1C(=O)O.